The van der Waals surface area contributed by atoms with Crippen LogP contribution in [0.4, 0.5) is 0 Å². The molecule has 5 unspecified atom stereocenters. The number of carboxylic acids is 1. The summed E-state index contributed by atoms with van der Waals surface area (Å²) in [6.07, 6.45) is 4.29. The number of nitrogens with two attached hydrogens (primary N) is 1. The predicted molar refractivity (Wildman–Crippen MR) is 126 cm³/mol. The van der Waals surface area contributed by atoms with E-state index >= 15 is 0 Å². The molecule has 1 fully saturated rings. The molecule has 1 aliphatic rings. The second kappa shape index (κ2) is 14.8. The van der Waals surface area contributed by atoms with Gasteiger partial charge in [-0.05, 0) is 63.5 Å². The summed E-state index contributed by atoms with van der Waals surface area (Å²) < 4.78 is 0. The monoisotopic (exact) mass is 469 g/mol. The number of rotatable bonds is 15. The summed E-state index contributed by atoms with van der Waals surface area (Å²) in [6.45, 7) is 8.73. The van der Waals surface area contributed by atoms with Crippen LogP contribution in [0.25, 0.3) is 0 Å². The zero-order valence-corrected chi connectivity index (χ0v) is 20.5. The topological polar surface area (TPSA) is 163 Å². The van der Waals surface area contributed by atoms with Gasteiger partial charge in [0.15, 0.2) is 0 Å². The third-order valence-corrected chi connectivity index (χ3v) is 6.07. The van der Waals surface area contributed by atoms with Crippen molar-refractivity contribution < 1.29 is 24.3 Å². The van der Waals surface area contributed by atoms with Crippen LogP contribution in [0.1, 0.15) is 72.6 Å². The van der Waals surface area contributed by atoms with Gasteiger partial charge in [0.25, 0.3) is 0 Å². The maximum absolute atomic E-state index is 13.1. The van der Waals surface area contributed by atoms with Crippen molar-refractivity contribution in [2.45, 2.75) is 96.8 Å². The molecule has 1 heterocycles. The van der Waals surface area contributed by atoms with E-state index in [1.165, 1.54) is 0 Å². The third kappa shape index (κ3) is 10.1. The Balaban J connectivity index is 2.93. The molecular formula is C23H43N5O5. The maximum Gasteiger partial charge on any atom is 0.326 e. The quantitative estimate of drug-likeness (QED) is 0.190. The van der Waals surface area contributed by atoms with E-state index in [1.54, 1.807) is 0 Å². The molecule has 1 saturated heterocycles. The minimum Gasteiger partial charge on any atom is -0.480 e. The summed E-state index contributed by atoms with van der Waals surface area (Å²) in [5, 5.41) is 20.8. The van der Waals surface area contributed by atoms with Gasteiger partial charge in [-0.3, -0.25) is 14.4 Å². The Morgan fingerprint density at radius 3 is 2.24 bits per heavy atom. The van der Waals surface area contributed by atoms with Gasteiger partial charge in [-0.2, -0.15) is 0 Å². The summed E-state index contributed by atoms with van der Waals surface area (Å²) in [7, 11) is 0. The number of carboxylic acid groups (broad SMARTS) is 1. The van der Waals surface area contributed by atoms with E-state index in [2.05, 4.69) is 21.3 Å². The van der Waals surface area contributed by atoms with Crippen molar-refractivity contribution in [3.8, 4) is 0 Å². The highest BCUT2D eigenvalue weighted by molar-refractivity contribution is 5.94. The van der Waals surface area contributed by atoms with E-state index in [0.29, 0.717) is 38.6 Å². The highest BCUT2D eigenvalue weighted by Gasteiger charge is 2.33. The number of carbonyl (C=O) groups is 4. The van der Waals surface area contributed by atoms with E-state index in [1.807, 2.05) is 27.7 Å². The summed E-state index contributed by atoms with van der Waals surface area (Å²) in [5.74, 6) is -2.46. The van der Waals surface area contributed by atoms with Gasteiger partial charge in [0.2, 0.25) is 17.7 Å². The van der Waals surface area contributed by atoms with Gasteiger partial charge >= 0.3 is 5.97 Å². The summed E-state index contributed by atoms with van der Waals surface area (Å²) in [6, 6.07) is -3.06. The molecule has 7 N–H and O–H groups in total. The van der Waals surface area contributed by atoms with Gasteiger partial charge in [-0.1, -0.05) is 34.1 Å². The Kier molecular flexibility index (Phi) is 13.0. The lowest BCUT2D eigenvalue weighted by Gasteiger charge is -2.28. The Morgan fingerprint density at radius 2 is 1.73 bits per heavy atom. The molecule has 190 valence electrons. The molecule has 0 spiro atoms. The zero-order chi connectivity index (χ0) is 25.0. The van der Waals surface area contributed by atoms with Crippen molar-refractivity contribution in [2.24, 2.45) is 17.6 Å². The first kappa shape index (κ1) is 28.8. The molecule has 0 aromatic rings. The lowest BCUT2D eigenvalue weighted by atomic mass is 9.96. The van der Waals surface area contributed by atoms with E-state index in [-0.39, 0.29) is 30.2 Å². The van der Waals surface area contributed by atoms with Gasteiger partial charge in [-0.15, -0.1) is 0 Å². The largest absolute Gasteiger partial charge is 0.480 e. The average Bonchev–Trinajstić information content (AvgIpc) is 3.30. The van der Waals surface area contributed by atoms with Crippen molar-refractivity contribution in [1.29, 1.82) is 0 Å². The van der Waals surface area contributed by atoms with Crippen LogP contribution in [0.15, 0.2) is 0 Å². The van der Waals surface area contributed by atoms with Crippen molar-refractivity contribution in [3.63, 3.8) is 0 Å². The maximum atomic E-state index is 13.1. The third-order valence-electron chi connectivity index (χ3n) is 6.07. The van der Waals surface area contributed by atoms with Gasteiger partial charge in [-0.25, -0.2) is 4.79 Å². The van der Waals surface area contributed by atoms with E-state index in [9.17, 15) is 24.3 Å². The SMILES string of the molecule is CCC(C)C(NC(=O)C(CCCCN)NC(=O)C1CCCN1)C(=O)NC(CC(C)C)C(=O)O. The Bertz CT molecular complexity index is 651. The second-order valence-electron chi connectivity index (χ2n) is 9.40. The summed E-state index contributed by atoms with van der Waals surface area (Å²) in [5.41, 5.74) is 5.58. The molecule has 10 nitrogen and oxygen atoms in total. The van der Waals surface area contributed by atoms with E-state index in [0.717, 1.165) is 13.0 Å². The number of unbranched alkanes of at least 4 members (excludes halogenated alkanes) is 1. The van der Waals surface area contributed by atoms with Gasteiger partial charge in [0.1, 0.15) is 18.1 Å². The summed E-state index contributed by atoms with van der Waals surface area (Å²) in [4.78, 5) is 50.3. The summed E-state index contributed by atoms with van der Waals surface area (Å²) >= 11 is 0. The first-order chi connectivity index (χ1) is 15.6. The van der Waals surface area contributed by atoms with Crippen molar-refractivity contribution in [3.05, 3.63) is 0 Å². The molecule has 10 heteroatoms. The average molecular weight is 470 g/mol. The number of hydrogen-bond donors (Lipinski definition) is 6. The molecule has 0 saturated carbocycles. The standard InChI is InChI=1S/C23H43N5O5/c1-5-15(4)19(22(31)27-18(23(32)33)13-14(2)3)28-21(30)17(9-6-7-11-24)26-20(29)16-10-8-12-25-16/h14-19,25H,5-13,24H2,1-4H3,(H,26,29)(H,27,31)(H,28,30)(H,32,33). The number of amides is 3. The van der Waals surface area contributed by atoms with Crippen LogP contribution < -0.4 is 27.0 Å². The Hall–Kier alpha value is -2.20. The minimum absolute atomic E-state index is 0.0781. The van der Waals surface area contributed by atoms with Crippen LogP contribution in [0, 0.1) is 11.8 Å². The molecule has 0 aromatic carbocycles. The molecule has 1 rings (SSSR count). The lowest BCUT2D eigenvalue weighted by Crippen LogP contribution is -2.58. The van der Waals surface area contributed by atoms with Gasteiger partial charge in [0.05, 0.1) is 6.04 Å². The minimum atomic E-state index is -1.11. The smallest absolute Gasteiger partial charge is 0.326 e. The van der Waals surface area contributed by atoms with Crippen LogP contribution >= 0.6 is 0 Å². The van der Waals surface area contributed by atoms with Crippen LogP contribution in [0.2, 0.25) is 0 Å². The fourth-order valence-electron chi connectivity index (χ4n) is 3.85. The number of nitrogens with one attached hydrogen (secondary N) is 4. The molecule has 33 heavy (non-hydrogen) atoms. The molecular weight excluding hydrogens is 426 g/mol. The number of aliphatic carboxylic acids is 1. The van der Waals surface area contributed by atoms with Crippen LogP contribution in [-0.4, -0.2) is 66.1 Å². The normalized spacial score (nSPS) is 19.4. The van der Waals surface area contributed by atoms with Crippen molar-refractivity contribution in [2.75, 3.05) is 13.1 Å². The number of hydrogen-bond acceptors (Lipinski definition) is 6. The van der Waals surface area contributed by atoms with Crippen molar-refractivity contribution in [1.82, 2.24) is 21.3 Å². The van der Waals surface area contributed by atoms with Gasteiger partial charge < -0.3 is 32.1 Å². The van der Waals surface area contributed by atoms with Crippen molar-refractivity contribution >= 4 is 23.7 Å². The molecule has 0 aliphatic carbocycles. The Morgan fingerprint density at radius 1 is 1.03 bits per heavy atom. The van der Waals surface area contributed by atoms with Crippen LogP contribution in [0.3, 0.4) is 0 Å². The first-order valence-corrected chi connectivity index (χ1v) is 12.2. The molecule has 0 radical (unpaired) electrons. The molecule has 0 aromatic heterocycles. The molecule has 3 amide bonds. The fraction of sp³-hybridized carbons (Fsp3) is 0.826. The second-order valence-corrected chi connectivity index (χ2v) is 9.40. The van der Waals surface area contributed by atoms with E-state index < -0.39 is 35.9 Å². The molecule has 0 bridgehead atoms. The van der Waals surface area contributed by atoms with Crippen LogP contribution in [0.5, 0.6) is 0 Å². The fourth-order valence-corrected chi connectivity index (χ4v) is 3.85. The highest BCUT2D eigenvalue weighted by atomic mass is 16.4. The zero-order valence-electron chi connectivity index (χ0n) is 20.5. The van der Waals surface area contributed by atoms with E-state index in [4.69, 9.17) is 5.73 Å². The molecule has 1 aliphatic heterocycles. The van der Waals surface area contributed by atoms with Gasteiger partial charge in [0, 0.05) is 0 Å². The number of carbonyl (C=O) groups excluding carboxylic acids is 3. The predicted octanol–water partition coefficient (Wildman–Crippen LogP) is 0.499. The molecule has 5 atom stereocenters. The van der Waals surface area contributed by atoms with Crippen LogP contribution in [-0.2, 0) is 19.2 Å². The highest BCUT2D eigenvalue weighted by Crippen LogP contribution is 2.13. The first-order valence-electron chi connectivity index (χ1n) is 12.2. The Labute approximate surface area is 197 Å². The lowest BCUT2D eigenvalue weighted by molar-refractivity contribution is -0.143.